The molecule has 0 fully saturated rings. The van der Waals surface area contributed by atoms with E-state index >= 15 is 0 Å². The molecule has 0 atom stereocenters. The molecule has 27 heavy (non-hydrogen) atoms. The molecule has 0 saturated carbocycles. The Hall–Kier alpha value is -3.29. The molecule has 0 N–H and O–H groups in total. The van der Waals surface area contributed by atoms with Crippen LogP contribution in [0.4, 0.5) is 0 Å². The van der Waals surface area contributed by atoms with E-state index < -0.39 is 0 Å². The smallest absolute Gasteiger partial charge is 0.256 e. The molecule has 0 aliphatic carbocycles. The molecule has 8 nitrogen and oxygen atoms in total. The van der Waals surface area contributed by atoms with E-state index in [4.69, 9.17) is 4.42 Å². The Labute approximate surface area is 156 Å². The van der Waals surface area contributed by atoms with Crippen molar-refractivity contribution in [1.29, 1.82) is 0 Å². The van der Waals surface area contributed by atoms with Gasteiger partial charge >= 0.3 is 0 Å². The molecule has 0 unspecified atom stereocenters. The number of carbonyl (C=O) groups is 2. The van der Waals surface area contributed by atoms with E-state index in [9.17, 15) is 9.59 Å². The minimum Gasteiger partial charge on any atom is -0.445 e. The van der Waals surface area contributed by atoms with Gasteiger partial charge in [-0.2, -0.15) is 15.0 Å². The van der Waals surface area contributed by atoms with Crippen molar-refractivity contribution in [3.8, 4) is 5.69 Å². The van der Waals surface area contributed by atoms with Crippen LogP contribution in [0.15, 0.2) is 41.1 Å². The van der Waals surface area contributed by atoms with E-state index in [0.29, 0.717) is 48.1 Å². The zero-order valence-corrected chi connectivity index (χ0v) is 15.5. The van der Waals surface area contributed by atoms with Crippen LogP contribution in [0.25, 0.3) is 5.69 Å². The molecule has 0 spiro atoms. The average molecular weight is 367 g/mol. The standard InChI is InChI=1S/C19H21N5O3/c1-4-23(12-9-17-22-18(13(2)25)14(3)27-17)19(26)15-7-5-6-8-16(15)24-20-10-11-21-24/h5-8,10-11H,4,9,12H2,1-3H3. The molecule has 0 aliphatic heterocycles. The molecule has 0 saturated heterocycles. The summed E-state index contributed by atoms with van der Waals surface area (Å²) >= 11 is 0. The van der Waals surface area contributed by atoms with Gasteiger partial charge in [-0.15, -0.1) is 0 Å². The van der Waals surface area contributed by atoms with Crippen LogP contribution in [0, 0.1) is 6.92 Å². The lowest BCUT2D eigenvalue weighted by Gasteiger charge is -2.21. The third kappa shape index (κ3) is 3.94. The number of carbonyl (C=O) groups excluding carboxylic acids is 2. The van der Waals surface area contributed by atoms with Crippen molar-refractivity contribution in [3.63, 3.8) is 0 Å². The highest BCUT2D eigenvalue weighted by molar-refractivity contribution is 5.97. The van der Waals surface area contributed by atoms with Crippen LogP contribution < -0.4 is 0 Å². The number of amides is 1. The van der Waals surface area contributed by atoms with Crippen molar-refractivity contribution in [3.05, 3.63) is 59.6 Å². The highest BCUT2D eigenvalue weighted by Gasteiger charge is 2.20. The third-order valence-corrected chi connectivity index (χ3v) is 4.21. The van der Waals surface area contributed by atoms with Gasteiger partial charge < -0.3 is 9.32 Å². The highest BCUT2D eigenvalue weighted by atomic mass is 16.4. The second-order valence-corrected chi connectivity index (χ2v) is 6.04. The molecular weight excluding hydrogens is 346 g/mol. The second-order valence-electron chi connectivity index (χ2n) is 6.04. The van der Waals surface area contributed by atoms with Crippen molar-refractivity contribution in [2.75, 3.05) is 13.1 Å². The summed E-state index contributed by atoms with van der Waals surface area (Å²) in [5, 5.41) is 8.23. The van der Waals surface area contributed by atoms with Crippen LogP contribution in [0.3, 0.4) is 0 Å². The number of aromatic nitrogens is 4. The summed E-state index contributed by atoms with van der Waals surface area (Å²) in [5.74, 6) is 0.694. The number of rotatable bonds is 7. The molecule has 1 amide bonds. The summed E-state index contributed by atoms with van der Waals surface area (Å²) in [5.41, 5.74) is 1.48. The number of para-hydroxylation sites is 1. The van der Waals surface area contributed by atoms with Gasteiger partial charge in [0.05, 0.1) is 23.6 Å². The van der Waals surface area contributed by atoms with E-state index in [2.05, 4.69) is 15.2 Å². The SMILES string of the molecule is CCN(CCc1nc(C(C)=O)c(C)o1)C(=O)c1ccccc1-n1nccn1. The van der Waals surface area contributed by atoms with Gasteiger partial charge in [0, 0.05) is 26.4 Å². The van der Waals surface area contributed by atoms with E-state index in [1.807, 2.05) is 19.1 Å². The molecule has 2 heterocycles. The van der Waals surface area contributed by atoms with Crippen molar-refractivity contribution in [2.45, 2.75) is 27.2 Å². The first kappa shape index (κ1) is 18.5. The number of ketones is 1. The van der Waals surface area contributed by atoms with Crippen LogP contribution in [0.1, 0.15) is 46.3 Å². The lowest BCUT2D eigenvalue weighted by molar-refractivity contribution is 0.0763. The molecule has 3 aromatic rings. The Morgan fingerprint density at radius 3 is 2.52 bits per heavy atom. The molecule has 8 heteroatoms. The van der Waals surface area contributed by atoms with Gasteiger partial charge in [-0.25, -0.2) is 4.98 Å². The largest absolute Gasteiger partial charge is 0.445 e. The molecule has 0 bridgehead atoms. The Bertz CT molecular complexity index is 946. The maximum Gasteiger partial charge on any atom is 0.256 e. The van der Waals surface area contributed by atoms with Gasteiger partial charge in [-0.05, 0) is 26.0 Å². The average Bonchev–Trinajstić information content (AvgIpc) is 3.32. The van der Waals surface area contributed by atoms with E-state index in [0.717, 1.165) is 0 Å². The van der Waals surface area contributed by atoms with Crippen LogP contribution in [-0.2, 0) is 6.42 Å². The number of aryl methyl sites for hydroxylation is 1. The Balaban J connectivity index is 1.78. The summed E-state index contributed by atoms with van der Waals surface area (Å²) < 4.78 is 5.54. The Kier molecular flexibility index (Phi) is 5.44. The normalized spacial score (nSPS) is 10.8. The first-order valence-electron chi connectivity index (χ1n) is 8.73. The van der Waals surface area contributed by atoms with Gasteiger partial charge in [-0.3, -0.25) is 9.59 Å². The van der Waals surface area contributed by atoms with E-state index in [1.54, 1.807) is 36.4 Å². The van der Waals surface area contributed by atoms with Gasteiger partial charge in [0.25, 0.3) is 5.91 Å². The topological polar surface area (TPSA) is 94.1 Å². The molecule has 140 valence electrons. The first-order valence-corrected chi connectivity index (χ1v) is 8.73. The number of Topliss-reactive ketones (excluding diaryl/α,β-unsaturated/α-hetero) is 1. The number of benzene rings is 1. The minimum absolute atomic E-state index is 0.125. The zero-order valence-electron chi connectivity index (χ0n) is 15.5. The monoisotopic (exact) mass is 367 g/mol. The number of hydrogen-bond donors (Lipinski definition) is 0. The first-order chi connectivity index (χ1) is 13.0. The number of likely N-dealkylation sites (N-methyl/N-ethyl adjacent to an activating group) is 1. The molecule has 2 aromatic heterocycles. The lowest BCUT2D eigenvalue weighted by Crippen LogP contribution is -2.33. The maximum absolute atomic E-state index is 13.0. The fourth-order valence-corrected chi connectivity index (χ4v) is 2.86. The highest BCUT2D eigenvalue weighted by Crippen LogP contribution is 2.16. The molecule has 1 aromatic carbocycles. The second kappa shape index (κ2) is 7.94. The summed E-state index contributed by atoms with van der Waals surface area (Å²) in [6.45, 7) is 6.03. The minimum atomic E-state index is -0.133. The van der Waals surface area contributed by atoms with Gasteiger partial charge in [0.1, 0.15) is 11.5 Å². The van der Waals surface area contributed by atoms with Crippen LogP contribution in [-0.4, -0.2) is 49.7 Å². The fourth-order valence-electron chi connectivity index (χ4n) is 2.86. The van der Waals surface area contributed by atoms with Crippen molar-refractivity contribution in [1.82, 2.24) is 24.9 Å². The van der Waals surface area contributed by atoms with Gasteiger partial charge in [-0.1, -0.05) is 12.1 Å². The quantitative estimate of drug-likeness (QED) is 0.596. The maximum atomic E-state index is 13.0. The van der Waals surface area contributed by atoms with Crippen molar-refractivity contribution < 1.29 is 14.0 Å². The van der Waals surface area contributed by atoms with Crippen LogP contribution >= 0.6 is 0 Å². The third-order valence-electron chi connectivity index (χ3n) is 4.21. The summed E-state index contributed by atoms with van der Waals surface area (Å²) in [6.07, 6.45) is 3.56. The van der Waals surface area contributed by atoms with Crippen molar-refractivity contribution >= 4 is 11.7 Å². The Morgan fingerprint density at radius 1 is 1.19 bits per heavy atom. The molecule has 0 aliphatic rings. The molecule has 0 radical (unpaired) electrons. The van der Waals surface area contributed by atoms with E-state index in [-0.39, 0.29) is 11.7 Å². The predicted molar refractivity (Wildman–Crippen MR) is 97.9 cm³/mol. The number of nitrogens with zero attached hydrogens (tertiary/aromatic N) is 5. The fraction of sp³-hybridized carbons (Fsp3) is 0.316. The lowest BCUT2D eigenvalue weighted by atomic mass is 10.1. The molecular formula is C19H21N5O3. The Morgan fingerprint density at radius 2 is 1.89 bits per heavy atom. The van der Waals surface area contributed by atoms with Gasteiger partial charge in [0.15, 0.2) is 11.7 Å². The predicted octanol–water partition coefficient (Wildman–Crippen LogP) is 2.47. The summed E-state index contributed by atoms with van der Waals surface area (Å²) in [6, 6.07) is 7.21. The van der Waals surface area contributed by atoms with Gasteiger partial charge in [0.2, 0.25) is 0 Å². The van der Waals surface area contributed by atoms with E-state index in [1.165, 1.54) is 11.7 Å². The van der Waals surface area contributed by atoms with Crippen molar-refractivity contribution in [2.24, 2.45) is 0 Å². The number of oxazole rings is 1. The number of hydrogen-bond acceptors (Lipinski definition) is 6. The zero-order chi connectivity index (χ0) is 19.4. The summed E-state index contributed by atoms with van der Waals surface area (Å²) in [7, 11) is 0. The van der Waals surface area contributed by atoms with Crippen LogP contribution in [0.2, 0.25) is 0 Å². The summed E-state index contributed by atoms with van der Waals surface area (Å²) in [4.78, 5) is 31.9. The van der Waals surface area contributed by atoms with Crippen LogP contribution in [0.5, 0.6) is 0 Å². The molecule has 3 rings (SSSR count).